The number of hydrogen-bond acceptors (Lipinski definition) is 3. The largest absolute Gasteiger partial charge is 0.361 e. The van der Waals surface area contributed by atoms with Crippen molar-refractivity contribution in [3.63, 3.8) is 0 Å². The molecule has 0 aliphatic rings. The Kier molecular flexibility index (Phi) is 4.42. The van der Waals surface area contributed by atoms with E-state index in [1.807, 2.05) is 0 Å². The molecule has 0 atom stereocenters. The summed E-state index contributed by atoms with van der Waals surface area (Å²) in [7, 11) is 0. The van der Waals surface area contributed by atoms with Crippen molar-refractivity contribution in [2.75, 3.05) is 0 Å². The highest BCUT2D eigenvalue weighted by Crippen LogP contribution is 2.26. The predicted molar refractivity (Wildman–Crippen MR) is 94.2 cm³/mol. The van der Waals surface area contributed by atoms with Crippen LogP contribution in [0.25, 0.3) is 10.9 Å². The van der Waals surface area contributed by atoms with Crippen LogP contribution in [0.15, 0.2) is 22.7 Å². The molecule has 0 fully saturated rings. The number of carbonyl (C=O) groups is 1. The van der Waals surface area contributed by atoms with Crippen LogP contribution < -0.4 is 5.32 Å². The van der Waals surface area contributed by atoms with E-state index >= 15 is 0 Å². The molecular formula is C19H23N3O2. The highest BCUT2D eigenvalue weighted by atomic mass is 16.5. The number of aromatic amines is 1. The Morgan fingerprint density at radius 2 is 2.04 bits per heavy atom. The fourth-order valence-corrected chi connectivity index (χ4v) is 2.98. The molecule has 0 unspecified atom stereocenters. The lowest BCUT2D eigenvalue weighted by Gasteiger charge is -2.07. The summed E-state index contributed by atoms with van der Waals surface area (Å²) in [5.41, 5.74) is 6.09. The van der Waals surface area contributed by atoms with Crippen LogP contribution in [0.2, 0.25) is 0 Å². The maximum absolute atomic E-state index is 12.3. The maximum atomic E-state index is 12.3. The Bertz CT molecular complexity index is 890. The van der Waals surface area contributed by atoms with Crippen LogP contribution in [0, 0.1) is 20.8 Å². The lowest BCUT2D eigenvalue weighted by atomic mass is 10.0. The van der Waals surface area contributed by atoms with E-state index in [4.69, 9.17) is 4.52 Å². The minimum absolute atomic E-state index is 0.212. The monoisotopic (exact) mass is 325 g/mol. The van der Waals surface area contributed by atoms with Gasteiger partial charge in [-0.05, 0) is 44.4 Å². The second kappa shape index (κ2) is 6.51. The molecule has 0 bridgehead atoms. The molecular weight excluding hydrogens is 302 g/mol. The third kappa shape index (κ3) is 3.07. The normalized spacial score (nSPS) is 11.2. The molecule has 0 saturated carbocycles. The van der Waals surface area contributed by atoms with Crippen molar-refractivity contribution in [3.05, 3.63) is 52.0 Å². The van der Waals surface area contributed by atoms with E-state index in [9.17, 15) is 4.79 Å². The smallest absolute Gasteiger partial charge is 0.273 e. The van der Waals surface area contributed by atoms with Crippen LogP contribution in [0.3, 0.4) is 0 Å². The van der Waals surface area contributed by atoms with E-state index in [1.165, 1.54) is 16.5 Å². The quantitative estimate of drug-likeness (QED) is 0.746. The fraction of sp³-hybridized carbons (Fsp3) is 0.368. The van der Waals surface area contributed by atoms with Gasteiger partial charge in [0.1, 0.15) is 5.76 Å². The van der Waals surface area contributed by atoms with Gasteiger partial charge in [-0.25, -0.2) is 0 Å². The summed E-state index contributed by atoms with van der Waals surface area (Å²) in [5, 5.41) is 8.00. The number of aryl methyl sites for hydroxylation is 4. The van der Waals surface area contributed by atoms with Crippen LogP contribution in [-0.2, 0) is 13.0 Å². The maximum Gasteiger partial charge on any atom is 0.273 e. The van der Waals surface area contributed by atoms with Gasteiger partial charge in [-0.3, -0.25) is 4.79 Å². The number of nitrogens with zero attached hydrogens (tertiary/aromatic N) is 1. The van der Waals surface area contributed by atoms with E-state index in [0.717, 1.165) is 35.4 Å². The molecule has 126 valence electrons. The van der Waals surface area contributed by atoms with Gasteiger partial charge in [0.15, 0.2) is 5.69 Å². The van der Waals surface area contributed by atoms with Gasteiger partial charge in [-0.1, -0.05) is 23.7 Å². The minimum atomic E-state index is -0.212. The standard InChI is InChI=1S/C19H23N3O2/c1-5-6-15-9-17(22-24-15)19(23)20-10-14-7-11(2)8-16-12(3)13(4)21-18(14)16/h7-9,21H,5-6,10H2,1-4H3,(H,20,23). The third-order valence-electron chi connectivity index (χ3n) is 4.37. The van der Waals surface area contributed by atoms with Crippen LogP contribution in [0.4, 0.5) is 0 Å². The van der Waals surface area contributed by atoms with E-state index < -0.39 is 0 Å². The fourth-order valence-electron chi connectivity index (χ4n) is 2.98. The molecule has 0 aliphatic heterocycles. The summed E-state index contributed by atoms with van der Waals surface area (Å²) in [6.07, 6.45) is 1.75. The number of amides is 1. The van der Waals surface area contributed by atoms with E-state index in [-0.39, 0.29) is 5.91 Å². The molecule has 5 nitrogen and oxygen atoms in total. The van der Waals surface area contributed by atoms with Gasteiger partial charge >= 0.3 is 0 Å². The molecule has 1 amide bonds. The second-order valence-electron chi connectivity index (χ2n) is 6.33. The Labute approximate surface area is 141 Å². The van der Waals surface area contributed by atoms with Crippen LogP contribution in [-0.4, -0.2) is 16.0 Å². The molecule has 3 aromatic rings. The number of nitrogens with one attached hydrogen (secondary N) is 2. The van der Waals surface area contributed by atoms with Crippen molar-refractivity contribution in [3.8, 4) is 0 Å². The van der Waals surface area contributed by atoms with Gasteiger partial charge < -0.3 is 14.8 Å². The topological polar surface area (TPSA) is 70.9 Å². The molecule has 2 aromatic heterocycles. The summed E-state index contributed by atoms with van der Waals surface area (Å²) < 4.78 is 5.17. The molecule has 0 saturated heterocycles. The first-order valence-electron chi connectivity index (χ1n) is 8.31. The van der Waals surface area contributed by atoms with E-state index in [0.29, 0.717) is 12.2 Å². The Morgan fingerprint density at radius 3 is 2.79 bits per heavy atom. The summed E-state index contributed by atoms with van der Waals surface area (Å²) in [6.45, 7) is 8.76. The third-order valence-corrected chi connectivity index (χ3v) is 4.37. The molecule has 1 aromatic carbocycles. The van der Waals surface area contributed by atoms with Crippen LogP contribution in [0.1, 0.15) is 52.0 Å². The van der Waals surface area contributed by atoms with Gasteiger partial charge in [0.05, 0.1) is 5.52 Å². The number of benzene rings is 1. The van der Waals surface area contributed by atoms with Crippen LogP contribution >= 0.6 is 0 Å². The lowest BCUT2D eigenvalue weighted by Crippen LogP contribution is -2.23. The van der Waals surface area contributed by atoms with E-state index in [2.05, 4.69) is 55.3 Å². The highest BCUT2D eigenvalue weighted by Gasteiger charge is 2.14. The average molecular weight is 325 g/mol. The van der Waals surface area contributed by atoms with Crippen molar-refractivity contribution in [2.24, 2.45) is 0 Å². The number of aromatic nitrogens is 2. The van der Waals surface area contributed by atoms with Gasteiger partial charge in [0.2, 0.25) is 0 Å². The zero-order valence-electron chi connectivity index (χ0n) is 14.6. The first-order chi connectivity index (χ1) is 11.5. The number of fused-ring (bicyclic) bond motifs is 1. The Balaban J connectivity index is 1.80. The van der Waals surface area contributed by atoms with Gasteiger partial charge in [0.25, 0.3) is 5.91 Å². The Morgan fingerprint density at radius 1 is 1.25 bits per heavy atom. The van der Waals surface area contributed by atoms with Crippen molar-refractivity contribution in [2.45, 2.75) is 47.1 Å². The molecule has 2 heterocycles. The van der Waals surface area contributed by atoms with Gasteiger partial charge in [-0.15, -0.1) is 0 Å². The Hall–Kier alpha value is -2.56. The molecule has 0 spiro atoms. The molecule has 3 rings (SSSR count). The van der Waals surface area contributed by atoms with Gasteiger partial charge in [0, 0.05) is 30.1 Å². The second-order valence-corrected chi connectivity index (χ2v) is 6.33. The van der Waals surface area contributed by atoms with Crippen molar-refractivity contribution in [1.29, 1.82) is 0 Å². The lowest BCUT2D eigenvalue weighted by molar-refractivity contribution is 0.0942. The summed E-state index contributed by atoms with van der Waals surface area (Å²) in [6, 6.07) is 5.99. The zero-order chi connectivity index (χ0) is 17.3. The minimum Gasteiger partial charge on any atom is -0.361 e. The predicted octanol–water partition coefficient (Wildman–Crippen LogP) is 3.96. The summed E-state index contributed by atoms with van der Waals surface area (Å²) in [4.78, 5) is 15.7. The van der Waals surface area contributed by atoms with Crippen molar-refractivity contribution >= 4 is 16.8 Å². The molecule has 2 N–H and O–H groups in total. The highest BCUT2D eigenvalue weighted by molar-refractivity contribution is 5.93. The number of carbonyl (C=O) groups excluding carboxylic acids is 1. The first-order valence-corrected chi connectivity index (χ1v) is 8.31. The number of rotatable bonds is 5. The molecule has 5 heteroatoms. The average Bonchev–Trinajstić information content (AvgIpc) is 3.12. The molecule has 0 radical (unpaired) electrons. The molecule has 0 aliphatic carbocycles. The van der Waals surface area contributed by atoms with Crippen molar-refractivity contribution < 1.29 is 9.32 Å². The molecule has 24 heavy (non-hydrogen) atoms. The number of hydrogen-bond donors (Lipinski definition) is 2. The van der Waals surface area contributed by atoms with Crippen molar-refractivity contribution in [1.82, 2.24) is 15.5 Å². The first kappa shape index (κ1) is 16.3. The number of H-pyrrole nitrogens is 1. The SMILES string of the molecule is CCCc1cc(C(=O)NCc2cc(C)cc3c(C)c(C)[nH]c23)no1. The zero-order valence-corrected chi connectivity index (χ0v) is 14.6. The van der Waals surface area contributed by atoms with E-state index in [1.54, 1.807) is 6.07 Å². The van der Waals surface area contributed by atoms with Gasteiger partial charge in [-0.2, -0.15) is 0 Å². The summed E-state index contributed by atoms with van der Waals surface area (Å²) >= 11 is 0. The van der Waals surface area contributed by atoms with Crippen LogP contribution in [0.5, 0.6) is 0 Å². The summed E-state index contributed by atoms with van der Waals surface area (Å²) in [5.74, 6) is 0.534.